The number of benzene rings is 2. The van der Waals surface area contributed by atoms with Gasteiger partial charge in [-0.1, -0.05) is 48.2 Å². The third-order valence-electron chi connectivity index (χ3n) is 4.65. The lowest BCUT2D eigenvalue weighted by Crippen LogP contribution is -2.32. The molecule has 0 unspecified atom stereocenters. The van der Waals surface area contributed by atoms with Crippen molar-refractivity contribution in [1.29, 1.82) is 0 Å². The number of carbonyl (C=O) groups excluding carboxylic acids is 1. The van der Waals surface area contributed by atoms with Crippen molar-refractivity contribution in [3.63, 3.8) is 0 Å². The molecule has 0 amide bonds. The summed E-state index contributed by atoms with van der Waals surface area (Å²) in [4.78, 5) is 12.5. The van der Waals surface area contributed by atoms with Crippen molar-refractivity contribution in [2.75, 3.05) is 13.1 Å². The van der Waals surface area contributed by atoms with Gasteiger partial charge in [-0.2, -0.15) is 4.31 Å². The molecule has 0 atom stereocenters. The second-order valence-corrected chi connectivity index (χ2v) is 9.44. The van der Waals surface area contributed by atoms with Gasteiger partial charge in [-0.15, -0.1) is 0 Å². The molecular weight excluding hydrogens is 421 g/mol. The van der Waals surface area contributed by atoms with Crippen LogP contribution in [0.2, 0.25) is 10.0 Å². The SMILES string of the molecule is O=C(OCc1ccc(Cl)cc1Cl)c1cccc(S(=O)(=O)N2CCCCCC2)c1. The minimum Gasteiger partial charge on any atom is -0.457 e. The molecule has 0 bridgehead atoms. The van der Waals surface area contributed by atoms with Gasteiger partial charge in [-0.3, -0.25) is 0 Å². The summed E-state index contributed by atoms with van der Waals surface area (Å²) in [6.45, 7) is 0.982. The molecule has 1 saturated heterocycles. The molecule has 2 aromatic rings. The van der Waals surface area contributed by atoms with Crippen LogP contribution in [0.15, 0.2) is 47.4 Å². The summed E-state index contributed by atoms with van der Waals surface area (Å²) in [5.74, 6) is -0.612. The van der Waals surface area contributed by atoms with E-state index in [1.54, 1.807) is 24.3 Å². The highest BCUT2D eigenvalue weighted by molar-refractivity contribution is 7.89. The minimum absolute atomic E-state index is 0.0298. The standard InChI is InChI=1S/C20H21Cl2NO4S/c21-17-9-8-16(19(22)13-17)14-27-20(24)15-6-5-7-18(12-15)28(25,26)23-10-3-1-2-4-11-23/h5-9,12-13H,1-4,10-11,14H2. The number of carbonyl (C=O) groups is 1. The van der Waals surface area contributed by atoms with Crippen LogP contribution >= 0.6 is 23.2 Å². The number of esters is 1. The molecule has 0 spiro atoms. The fraction of sp³-hybridized carbons (Fsp3) is 0.350. The number of sulfonamides is 1. The van der Waals surface area contributed by atoms with Crippen LogP contribution in [0.1, 0.15) is 41.6 Å². The zero-order valence-electron chi connectivity index (χ0n) is 15.2. The number of ether oxygens (including phenoxy) is 1. The molecule has 0 aliphatic carbocycles. The van der Waals surface area contributed by atoms with Crippen LogP contribution in [0.25, 0.3) is 0 Å². The summed E-state index contributed by atoms with van der Waals surface area (Å²) >= 11 is 11.9. The van der Waals surface area contributed by atoms with Crippen molar-refractivity contribution in [3.05, 3.63) is 63.6 Å². The monoisotopic (exact) mass is 441 g/mol. The molecular formula is C20H21Cl2NO4S. The van der Waals surface area contributed by atoms with Crippen LogP contribution < -0.4 is 0 Å². The quantitative estimate of drug-likeness (QED) is 0.617. The molecule has 0 N–H and O–H groups in total. The summed E-state index contributed by atoms with van der Waals surface area (Å²) < 4.78 is 32.6. The highest BCUT2D eigenvalue weighted by Gasteiger charge is 2.26. The van der Waals surface area contributed by atoms with E-state index < -0.39 is 16.0 Å². The highest BCUT2D eigenvalue weighted by atomic mass is 35.5. The predicted molar refractivity (Wildman–Crippen MR) is 109 cm³/mol. The van der Waals surface area contributed by atoms with Gasteiger partial charge in [0.15, 0.2) is 0 Å². The van der Waals surface area contributed by atoms with E-state index in [1.165, 1.54) is 22.5 Å². The molecule has 8 heteroatoms. The van der Waals surface area contributed by atoms with Gasteiger partial charge in [0.1, 0.15) is 6.61 Å². The largest absolute Gasteiger partial charge is 0.457 e. The maximum atomic E-state index is 12.9. The van der Waals surface area contributed by atoms with Gasteiger partial charge in [-0.25, -0.2) is 13.2 Å². The smallest absolute Gasteiger partial charge is 0.338 e. The molecule has 0 radical (unpaired) electrons. The van der Waals surface area contributed by atoms with Gasteiger partial charge in [0.05, 0.1) is 10.5 Å². The van der Waals surface area contributed by atoms with Crippen molar-refractivity contribution in [2.45, 2.75) is 37.2 Å². The molecule has 28 heavy (non-hydrogen) atoms. The molecule has 0 saturated carbocycles. The van der Waals surface area contributed by atoms with E-state index in [0.29, 0.717) is 28.7 Å². The molecule has 0 aromatic heterocycles. The average molecular weight is 442 g/mol. The van der Waals surface area contributed by atoms with Crippen LogP contribution in [-0.4, -0.2) is 31.8 Å². The number of hydrogen-bond donors (Lipinski definition) is 0. The molecule has 150 valence electrons. The van der Waals surface area contributed by atoms with Gasteiger partial charge in [0.25, 0.3) is 0 Å². The molecule has 2 aromatic carbocycles. The zero-order chi connectivity index (χ0) is 20.1. The zero-order valence-corrected chi connectivity index (χ0v) is 17.6. The summed E-state index contributed by atoms with van der Waals surface area (Å²) in [5, 5.41) is 0.893. The van der Waals surface area contributed by atoms with Gasteiger partial charge in [0.2, 0.25) is 10.0 Å². The first kappa shape index (κ1) is 21.1. The third-order valence-corrected chi connectivity index (χ3v) is 7.13. The number of nitrogens with zero attached hydrogens (tertiary/aromatic N) is 1. The van der Waals surface area contributed by atoms with Crippen LogP contribution in [0.5, 0.6) is 0 Å². The molecule has 1 aliphatic rings. The van der Waals surface area contributed by atoms with E-state index in [4.69, 9.17) is 27.9 Å². The Bertz CT molecular complexity index is 954. The predicted octanol–water partition coefficient (Wildman–Crippen LogP) is 4.92. The number of rotatable bonds is 5. The molecule has 3 rings (SSSR count). The topological polar surface area (TPSA) is 63.7 Å². The Hall–Kier alpha value is -1.60. The van der Waals surface area contributed by atoms with Crippen LogP contribution in [0.3, 0.4) is 0 Å². The second-order valence-electron chi connectivity index (χ2n) is 6.66. The van der Waals surface area contributed by atoms with Crippen molar-refractivity contribution in [1.82, 2.24) is 4.31 Å². The van der Waals surface area contributed by atoms with Gasteiger partial charge in [0, 0.05) is 28.7 Å². The van der Waals surface area contributed by atoms with Gasteiger partial charge in [-0.05, 0) is 43.2 Å². The maximum absolute atomic E-state index is 12.9. The fourth-order valence-electron chi connectivity index (χ4n) is 3.08. The lowest BCUT2D eigenvalue weighted by atomic mass is 10.2. The molecule has 1 fully saturated rings. The lowest BCUT2D eigenvalue weighted by Gasteiger charge is -2.20. The molecule has 5 nitrogen and oxygen atoms in total. The Morgan fingerprint density at radius 2 is 1.71 bits per heavy atom. The third kappa shape index (κ3) is 5.06. The Morgan fingerprint density at radius 1 is 1.00 bits per heavy atom. The second kappa shape index (κ2) is 9.27. The van der Waals surface area contributed by atoms with E-state index in [0.717, 1.165) is 25.7 Å². The Morgan fingerprint density at radius 3 is 2.39 bits per heavy atom. The molecule has 1 aliphatic heterocycles. The van der Waals surface area contributed by atoms with E-state index >= 15 is 0 Å². The minimum atomic E-state index is -3.63. The van der Waals surface area contributed by atoms with Gasteiger partial charge < -0.3 is 4.74 Å². The van der Waals surface area contributed by atoms with Crippen molar-refractivity contribution >= 4 is 39.2 Å². The van der Waals surface area contributed by atoms with Gasteiger partial charge >= 0.3 is 5.97 Å². The first-order valence-corrected chi connectivity index (χ1v) is 11.3. The van der Waals surface area contributed by atoms with Crippen LogP contribution in [0.4, 0.5) is 0 Å². The first-order chi connectivity index (χ1) is 13.4. The lowest BCUT2D eigenvalue weighted by molar-refractivity contribution is 0.0472. The van der Waals surface area contributed by atoms with E-state index in [9.17, 15) is 13.2 Å². The summed E-state index contributed by atoms with van der Waals surface area (Å²) in [7, 11) is -3.63. The Kier molecular flexibility index (Phi) is 6.99. The first-order valence-electron chi connectivity index (χ1n) is 9.09. The van der Waals surface area contributed by atoms with Crippen LogP contribution in [-0.2, 0) is 21.4 Å². The van der Waals surface area contributed by atoms with Crippen molar-refractivity contribution < 1.29 is 17.9 Å². The average Bonchev–Trinajstić information content (AvgIpc) is 2.97. The summed E-state index contributed by atoms with van der Waals surface area (Å²) in [6, 6.07) is 10.9. The van der Waals surface area contributed by atoms with E-state index in [-0.39, 0.29) is 17.1 Å². The number of hydrogen-bond acceptors (Lipinski definition) is 4. The normalized spacial score (nSPS) is 15.8. The Labute approximate surface area is 175 Å². The highest BCUT2D eigenvalue weighted by Crippen LogP contribution is 2.23. The van der Waals surface area contributed by atoms with E-state index in [2.05, 4.69) is 0 Å². The maximum Gasteiger partial charge on any atom is 0.338 e. The summed E-state index contributed by atoms with van der Waals surface area (Å²) in [6.07, 6.45) is 3.77. The summed E-state index contributed by atoms with van der Waals surface area (Å²) in [5.41, 5.74) is 0.800. The fourth-order valence-corrected chi connectivity index (χ4v) is 5.11. The van der Waals surface area contributed by atoms with Crippen LogP contribution in [0, 0.1) is 0 Å². The van der Waals surface area contributed by atoms with E-state index in [1.807, 2.05) is 0 Å². The molecule has 1 heterocycles. The number of halogens is 2. The van der Waals surface area contributed by atoms with Crippen molar-refractivity contribution in [3.8, 4) is 0 Å². The Balaban J connectivity index is 1.73. The van der Waals surface area contributed by atoms with Crippen molar-refractivity contribution in [2.24, 2.45) is 0 Å².